The van der Waals surface area contributed by atoms with E-state index in [9.17, 15) is 9.59 Å². The number of carbonyl (C=O) groups excluding carboxylic acids is 2. The second kappa shape index (κ2) is 5.38. The second-order valence-electron chi connectivity index (χ2n) is 4.80. The highest BCUT2D eigenvalue weighted by Crippen LogP contribution is 2.25. The van der Waals surface area contributed by atoms with Crippen molar-refractivity contribution in [3.8, 4) is 0 Å². The number of imide groups is 1. The molecule has 1 aliphatic heterocycles. The molecule has 1 saturated heterocycles. The monoisotopic (exact) mass is 281 g/mol. The van der Waals surface area contributed by atoms with Gasteiger partial charge in [-0.25, -0.2) is 9.69 Å². The van der Waals surface area contributed by atoms with E-state index in [-0.39, 0.29) is 18.5 Å². The third-order valence-electron chi connectivity index (χ3n) is 3.46. The summed E-state index contributed by atoms with van der Waals surface area (Å²) in [5.41, 5.74) is 7.80. The highest BCUT2D eigenvalue weighted by Gasteiger charge is 2.37. The minimum atomic E-state index is -0.327. The molecule has 0 atom stereocenters. The number of urea groups is 1. The number of amides is 3. The van der Waals surface area contributed by atoms with Crippen molar-refractivity contribution in [1.29, 1.82) is 0 Å². The molecule has 2 N–H and O–H groups in total. The van der Waals surface area contributed by atoms with E-state index in [1.54, 1.807) is 12.1 Å². The van der Waals surface area contributed by atoms with Crippen LogP contribution in [0.1, 0.15) is 5.56 Å². The number of rotatable bonds is 3. The zero-order chi connectivity index (χ0) is 14.8. The molecule has 5 nitrogen and oxygen atoms in total. The number of nitrogens with zero attached hydrogens (tertiary/aromatic N) is 2. The molecular weight excluding hydrogens is 266 g/mol. The minimum absolute atomic E-state index is 0.0570. The van der Waals surface area contributed by atoms with Gasteiger partial charge < -0.3 is 5.73 Å². The molecule has 0 aromatic heterocycles. The van der Waals surface area contributed by atoms with Crippen LogP contribution in [0.25, 0.3) is 0 Å². The lowest BCUT2D eigenvalue weighted by Gasteiger charge is -2.17. The Bertz CT molecular complexity index is 668. The van der Waals surface area contributed by atoms with Crippen LogP contribution >= 0.6 is 0 Å². The van der Waals surface area contributed by atoms with Crippen LogP contribution in [-0.4, -0.2) is 18.5 Å². The van der Waals surface area contributed by atoms with Crippen molar-refractivity contribution in [2.75, 3.05) is 16.3 Å². The van der Waals surface area contributed by atoms with Gasteiger partial charge in [-0.05, 0) is 29.8 Å². The summed E-state index contributed by atoms with van der Waals surface area (Å²) < 4.78 is 0. The number of nitrogens with two attached hydrogens (primary N) is 1. The Morgan fingerprint density at radius 3 is 2.19 bits per heavy atom. The smallest absolute Gasteiger partial charge is 0.326 e. The van der Waals surface area contributed by atoms with Gasteiger partial charge in [-0.15, -0.1) is 0 Å². The zero-order valence-corrected chi connectivity index (χ0v) is 11.4. The summed E-state index contributed by atoms with van der Waals surface area (Å²) in [4.78, 5) is 27.3. The molecule has 0 bridgehead atoms. The largest absolute Gasteiger partial charge is 0.336 e. The first-order valence-corrected chi connectivity index (χ1v) is 6.69. The molecule has 1 heterocycles. The van der Waals surface area contributed by atoms with E-state index in [4.69, 9.17) is 5.73 Å². The molecule has 3 rings (SSSR count). The SMILES string of the molecule is NCc1ccc(N2C(=O)CN(c3ccccc3)C2=O)cc1. The number of hydrogen-bond donors (Lipinski definition) is 1. The average molecular weight is 281 g/mol. The van der Waals surface area contributed by atoms with Gasteiger partial charge in [0.2, 0.25) is 0 Å². The summed E-state index contributed by atoms with van der Waals surface area (Å²) in [6.45, 7) is 0.486. The molecule has 106 valence electrons. The van der Waals surface area contributed by atoms with Gasteiger partial charge in [0.1, 0.15) is 6.54 Å². The summed E-state index contributed by atoms with van der Waals surface area (Å²) in [5, 5.41) is 0. The Hall–Kier alpha value is -2.66. The molecule has 3 amide bonds. The highest BCUT2D eigenvalue weighted by atomic mass is 16.2. The maximum Gasteiger partial charge on any atom is 0.336 e. The summed E-state index contributed by atoms with van der Waals surface area (Å²) in [6, 6.07) is 16.0. The lowest BCUT2D eigenvalue weighted by Crippen LogP contribution is -2.32. The van der Waals surface area contributed by atoms with Crippen molar-refractivity contribution in [2.45, 2.75) is 6.54 Å². The van der Waals surface area contributed by atoms with E-state index in [1.165, 1.54) is 9.80 Å². The molecule has 2 aromatic rings. The van der Waals surface area contributed by atoms with Gasteiger partial charge >= 0.3 is 6.03 Å². The average Bonchev–Trinajstić information content (AvgIpc) is 2.83. The fraction of sp³-hybridized carbons (Fsp3) is 0.125. The molecule has 1 aliphatic rings. The van der Waals surface area contributed by atoms with Gasteiger partial charge in [-0.1, -0.05) is 30.3 Å². The van der Waals surface area contributed by atoms with Crippen LogP contribution in [0, 0.1) is 0 Å². The second-order valence-corrected chi connectivity index (χ2v) is 4.80. The summed E-state index contributed by atoms with van der Waals surface area (Å²) in [5.74, 6) is -0.232. The topological polar surface area (TPSA) is 66.6 Å². The number of carbonyl (C=O) groups is 2. The van der Waals surface area contributed by atoms with E-state index in [0.29, 0.717) is 12.2 Å². The Morgan fingerprint density at radius 1 is 0.905 bits per heavy atom. The van der Waals surface area contributed by atoms with Crippen LogP contribution in [0.4, 0.5) is 16.2 Å². The highest BCUT2D eigenvalue weighted by molar-refractivity contribution is 6.26. The number of para-hydroxylation sites is 1. The predicted molar refractivity (Wildman–Crippen MR) is 81.0 cm³/mol. The minimum Gasteiger partial charge on any atom is -0.326 e. The lowest BCUT2D eigenvalue weighted by atomic mass is 10.2. The first kappa shape index (κ1) is 13.3. The Labute approximate surface area is 122 Å². The van der Waals surface area contributed by atoms with E-state index in [1.807, 2.05) is 42.5 Å². The first-order chi connectivity index (χ1) is 10.2. The van der Waals surface area contributed by atoms with Gasteiger partial charge in [0.25, 0.3) is 5.91 Å². The summed E-state index contributed by atoms with van der Waals surface area (Å²) in [7, 11) is 0. The molecule has 0 radical (unpaired) electrons. The normalized spacial score (nSPS) is 14.9. The van der Waals surface area contributed by atoms with Gasteiger partial charge in [0.05, 0.1) is 5.69 Å². The van der Waals surface area contributed by atoms with Gasteiger partial charge in [-0.2, -0.15) is 0 Å². The number of hydrogen-bond acceptors (Lipinski definition) is 3. The van der Waals surface area contributed by atoms with Crippen LogP contribution in [0.5, 0.6) is 0 Å². The Morgan fingerprint density at radius 2 is 1.57 bits per heavy atom. The van der Waals surface area contributed by atoms with E-state index < -0.39 is 0 Å². The van der Waals surface area contributed by atoms with Gasteiger partial charge in [-0.3, -0.25) is 9.69 Å². The third kappa shape index (κ3) is 2.39. The van der Waals surface area contributed by atoms with Gasteiger partial charge in [0, 0.05) is 12.2 Å². The molecule has 1 fully saturated rings. The fourth-order valence-electron chi connectivity index (χ4n) is 2.35. The number of anilines is 2. The molecule has 21 heavy (non-hydrogen) atoms. The van der Waals surface area contributed by atoms with E-state index in [0.717, 1.165) is 11.3 Å². The Balaban J connectivity index is 1.90. The van der Waals surface area contributed by atoms with Crippen LogP contribution in [0.3, 0.4) is 0 Å². The molecule has 2 aromatic carbocycles. The summed E-state index contributed by atoms with van der Waals surface area (Å²) >= 11 is 0. The van der Waals surface area contributed by atoms with Crippen molar-refractivity contribution >= 4 is 23.3 Å². The van der Waals surface area contributed by atoms with Crippen molar-refractivity contribution in [1.82, 2.24) is 0 Å². The number of benzene rings is 2. The quantitative estimate of drug-likeness (QED) is 0.876. The molecular formula is C16H15N3O2. The van der Waals surface area contributed by atoms with Crippen molar-refractivity contribution < 1.29 is 9.59 Å². The predicted octanol–water partition coefficient (Wildman–Crippen LogP) is 2.12. The molecule has 0 saturated carbocycles. The Kier molecular flexibility index (Phi) is 3.41. The molecule has 0 spiro atoms. The van der Waals surface area contributed by atoms with Crippen LogP contribution in [-0.2, 0) is 11.3 Å². The standard InChI is InChI=1S/C16H15N3O2/c17-10-12-6-8-14(9-7-12)19-15(20)11-18(16(19)21)13-4-2-1-3-5-13/h1-9H,10-11,17H2. The lowest BCUT2D eigenvalue weighted by molar-refractivity contribution is -0.115. The summed E-state index contributed by atoms with van der Waals surface area (Å²) in [6.07, 6.45) is 0. The zero-order valence-electron chi connectivity index (χ0n) is 11.4. The molecule has 0 unspecified atom stereocenters. The van der Waals surface area contributed by atoms with E-state index in [2.05, 4.69) is 0 Å². The third-order valence-corrected chi connectivity index (χ3v) is 3.46. The van der Waals surface area contributed by atoms with Crippen LogP contribution in [0.15, 0.2) is 54.6 Å². The van der Waals surface area contributed by atoms with Crippen molar-refractivity contribution in [3.05, 3.63) is 60.2 Å². The van der Waals surface area contributed by atoms with E-state index >= 15 is 0 Å². The van der Waals surface area contributed by atoms with Crippen LogP contribution in [0.2, 0.25) is 0 Å². The van der Waals surface area contributed by atoms with Crippen molar-refractivity contribution in [2.24, 2.45) is 5.73 Å². The maximum absolute atomic E-state index is 12.5. The van der Waals surface area contributed by atoms with Gasteiger partial charge in [0.15, 0.2) is 0 Å². The molecule has 5 heteroatoms. The maximum atomic E-state index is 12.5. The molecule has 0 aliphatic carbocycles. The van der Waals surface area contributed by atoms with Crippen molar-refractivity contribution in [3.63, 3.8) is 0 Å². The first-order valence-electron chi connectivity index (χ1n) is 6.69. The van der Waals surface area contributed by atoms with Crippen LogP contribution < -0.4 is 15.5 Å². The fourth-order valence-corrected chi connectivity index (χ4v) is 2.35.